The molecule has 0 aromatic heterocycles. The van der Waals surface area contributed by atoms with Crippen LogP contribution < -0.4 is 14.2 Å². The van der Waals surface area contributed by atoms with Crippen LogP contribution in [0.25, 0.3) is 0 Å². The van der Waals surface area contributed by atoms with Crippen LogP contribution in [-0.4, -0.2) is 126 Å². The Morgan fingerprint density at radius 2 is 1.29 bits per heavy atom. The number of Topliss-reactive ketones (excluding diaryl/α,β-unsaturated/α-hetero) is 1. The summed E-state index contributed by atoms with van der Waals surface area (Å²) in [7, 11) is 0. The van der Waals surface area contributed by atoms with E-state index in [4.69, 9.17) is 23.7 Å². The van der Waals surface area contributed by atoms with Gasteiger partial charge in [0.1, 0.15) is 83.5 Å². The molecule has 15 heteroatoms. The zero-order valence-electron chi connectivity index (χ0n) is 21.9. The summed E-state index contributed by atoms with van der Waals surface area (Å²) in [5, 5.41) is 90.2. The van der Waals surface area contributed by atoms with Gasteiger partial charge in [-0.1, -0.05) is 12.1 Å². The fraction of sp³-hybridized carbons (Fsp3) is 0.519. The summed E-state index contributed by atoms with van der Waals surface area (Å²) in [6.45, 7) is -1.42. The van der Waals surface area contributed by atoms with Crippen molar-refractivity contribution in [3.05, 3.63) is 47.5 Å². The lowest BCUT2D eigenvalue weighted by atomic mass is 9.95. The molecule has 2 aromatic carbocycles. The van der Waals surface area contributed by atoms with E-state index < -0.39 is 86.5 Å². The normalized spacial score (nSPS) is 36.6. The van der Waals surface area contributed by atoms with E-state index >= 15 is 0 Å². The number of fused-ring (bicyclic) bond motifs is 1. The molecule has 3 aliphatic heterocycles. The Morgan fingerprint density at radius 1 is 0.738 bits per heavy atom. The number of carbonyl (C=O) groups is 1. The van der Waals surface area contributed by atoms with Crippen LogP contribution in [0.2, 0.25) is 0 Å². The van der Waals surface area contributed by atoms with Crippen LogP contribution >= 0.6 is 0 Å². The molecule has 11 unspecified atom stereocenters. The largest absolute Gasteiger partial charge is 0.508 e. The number of hydrogen-bond donors (Lipinski definition) is 9. The highest BCUT2D eigenvalue weighted by atomic mass is 16.7. The van der Waals surface area contributed by atoms with Gasteiger partial charge < -0.3 is 69.6 Å². The number of aliphatic hydroxyl groups excluding tert-OH is 8. The lowest BCUT2D eigenvalue weighted by Gasteiger charge is -2.40. The number of ether oxygens (including phenoxy) is 5. The lowest BCUT2D eigenvalue weighted by Crippen LogP contribution is -2.60. The van der Waals surface area contributed by atoms with Gasteiger partial charge in [0, 0.05) is 12.1 Å². The molecule has 0 spiro atoms. The first-order valence-electron chi connectivity index (χ1n) is 13.1. The van der Waals surface area contributed by atoms with Crippen molar-refractivity contribution in [3.8, 4) is 23.0 Å². The second-order valence-corrected chi connectivity index (χ2v) is 10.3. The monoisotopic (exact) mass is 596 g/mol. The van der Waals surface area contributed by atoms with Crippen molar-refractivity contribution in [2.45, 2.75) is 73.9 Å². The van der Waals surface area contributed by atoms with E-state index in [1.165, 1.54) is 24.3 Å². The summed E-state index contributed by atoms with van der Waals surface area (Å²) in [6.07, 6.45) is -17.2. The minimum atomic E-state index is -1.81. The molecule has 15 nitrogen and oxygen atoms in total. The van der Waals surface area contributed by atoms with E-state index in [0.29, 0.717) is 5.56 Å². The van der Waals surface area contributed by atoms with Gasteiger partial charge in [-0.05, 0) is 17.7 Å². The molecule has 11 atom stereocenters. The Kier molecular flexibility index (Phi) is 8.86. The number of ketones is 1. The molecule has 9 N–H and O–H groups in total. The van der Waals surface area contributed by atoms with Crippen LogP contribution in [-0.2, 0) is 9.47 Å². The summed E-state index contributed by atoms with van der Waals surface area (Å²) in [4.78, 5) is 13.4. The Balaban J connectivity index is 1.50. The molecule has 0 radical (unpaired) electrons. The smallest absolute Gasteiger partial charge is 0.229 e. The molecule has 0 bridgehead atoms. The Hall–Kier alpha value is -3.09. The van der Waals surface area contributed by atoms with Crippen molar-refractivity contribution in [1.29, 1.82) is 0 Å². The minimum absolute atomic E-state index is 0.00622. The highest BCUT2D eigenvalue weighted by Gasteiger charge is 2.47. The van der Waals surface area contributed by atoms with Gasteiger partial charge in [0.15, 0.2) is 5.78 Å². The number of benzene rings is 2. The Morgan fingerprint density at radius 3 is 1.83 bits per heavy atom. The van der Waals surface area contributed by atoms with Gasteiger partial charge in [0.05, 0.1) is 19.6 Å². The van der Waals surface area contributed by atoms with Crippen LogP contribution in [0.5, 0.6) is 23.0 Å². The summed E-state index contributed by atoms with van der Waals surface area (Å²) >= 11 is 0. The molecule has 0 amide bonds. The zero-order chi connectivity index (χ0) is 30.3. The van der Waals surface area contributed by atoms with E-state index in [0.717, 1.165) is 0 Å². The first kappa shape index (κ1) is 30.4. The van der Waals surface area contributed by atoms with Crippen LogP contribution in [0.15, 0.2) is 36.4 Å². The molecule has 2 aromatic rings. The van der Waals surface area contributed by atoms with E-state index in [-0.39, 0.29) is 35.0 Å². The fourth-order valence-corrected chi connectivity index (χ4v) is 5.02. The zero-order valence-corrected chi connectivity index (χ0v) is 21.9. The number of hydrogen-bond acceptors (Lipinski definition) is 15. The summed E-state index contributed by atoms with van der Waals surface area (Å²) in [5.74, 6) is -0.923. The van der Waals surface area contributed by atoms with Crippen molar-refractivity contribution in [2.24, 2.45) is 0 Å². The first-order chi connectivity index (χ1) is 20.0. The predicted molar refractivity (Wildman–Crippen MR) is 136 cm³/mol. The van der Waals surface area contributed by atoms with E-state index in [9.17, 15) is 50.8 Å². The molecule has 0 aliphatic carbocycles. The maximum Gasteiger partial charge on any atom is 0.229 e. The summed E-state index contributed by atoms with van der Waals surface area (Å²) < 4.78 is 28.4. The van der Waals surface area contributed by atoms with Crippen LogP contribution in [0, 0.1) is 0 Å². The molecule has 3 aliphatic rings. The first-order valence-corrected chi connectivity index (χ1v) is 13.1. The third-order valence-corrected chi connectivity index (χ3v) is 7.42. The Bertz CT molecular complexity index is 1250. The molecule has 2 saturated heterocycles. The maximum absolute atomic E-state index is 13.4. The number of aliphatic hydroxyl groups is 8. The van der Waals surface area contributed by atoms with Crippen molar-refractivity contribution >= 4 is 5.78 Å². The van der Waals surface area contributed by atoms with E-state index in [2.05, 4.69) is 0 Å². The average Bonchev–Trinajstić information content (AvgIpc) is 2.97. The van der Waals surface area contributed by atoms with Crippen LogP contribution in [0.4, 0.5) is 0 Å². The second-order valence-electron chi connectivity index (χ2n) is 10.3. The van der Waals surface area contributed by atoms with Gasteiger partial charge in [-0.25, -0.2) is 0 Å². The van der Waals surface area contributed by atoms with Gasteiger partial charge in [-0.15, -0.1) is 0 Å². The summed E-state index contributed by atoms with van der Waals surface area (Å²) in [5.41, 5.74) is 0.464. The number of phenols is 1. The minimum Gasteiger partial charge on any atom is -0.508 e. The van der Waals surface area contributed by atoms with E-state index in [1.54, 1.807) is 12.1 Å². The van der Waals surface area contributed by atoms with Gasteiger partial charge in [0.2, 0.25) is 12.6 Å². The van der Waals surface area contributed by atoms with Crippen molar-refractivity contribution in [1.82, 2.24) is 0 Å². The molecule has 0 saturated carbocycles. The number of aromatic hydroxyl groups is 1. The standard InChI is InChI=1S/C27H32O15/c28-8-17-20(32)22(34)24(36)26(41-17)38-12-5-15-19(13(31)7-14(39-15)10-1-3-11(30)4-2-10)16(6-12)40-27-25(37)23(35)21(33)18(9-29)42-27/h1-6,14,17-18,20-30,32-37H,7-9H2. The van der Waals surface area contributed by atoms with Gasteiger partial charge in [0.25, 0.3) is 0 Å². The predicted octanol–water partition coefficient (Wildman–Crippen LogP) is -2.54. The lowest BCUT2D eigenvalue weighted by molar-refractivity contribution is -0.278. The molecule has 5 rings (SSSR count). The summed E-state index contributed by atoms with van der Waals surface area (Å²) in [6, 6.07) is 8.43. The highest BCUT2D eigenvalue weighted by Crippen LogP contribution is 2.44. The maximum atomic E-state index is 13.4. The van der Waals surface area contributed by atoms with Gasteiger partial charge >= 0.3 is 0 Å². The average molecular weight is 597 g/mol. The van der Waals surface area contributed by atoms with Crippen molar-refractivity contribution in [3.63, 3.8) is 0 Å². The van der Waals surface area contributed by atoms with Crippen LogP contribution in [0.3, 0.4) is 0 Å². The molecular formula is C27H32O15. The fourth-order valence-electron chi connectivity index (χ4n) is 5.02. The second kappa shape index (κ2) is 12.3. The molecule has 230 valence electrons. The quantitative estimate of drug-likeness (QED) is 0.160. The van der Waals surface area contributed by atoms with Crippen molar-refractivity contribution < 1.29 is 74.4 Å². The van der Waals surface area contributed by atoms with Crippen LogP contribution in [0.1, 0.15) is 28.4 Å². The number of carbonyl (C=O) groups excluding carboxylic acids is 1. The third-order valence-electron chi connectivity index (χ3n) is 7.42. The Labute approximate surface area is 238 Å². The third kappa shape index (κ3) is 5.76. The van der Waals surface area contributed by atoms with Gasteiger partial charge in [-0.2, -0.15) is 0 Å². The topological polar surface area (TPSA) is 245 Å². The number of phenolic OH excluding ortho intramolecular Hbond substituents is 1. The molecular weight excluding hydrogens is 564 g/mol. The van der Waals surface area contributed by atoms with E-state index in [1.807, 2.05) is 0 Å². The highest BCUT2D eigenvalue weighted by molar-refractivity contribution is 6.03. The SMILES string of the molecule is O=C1CC(c2ccc(O)cc2)Oc2cc(OC3OC(CO)C(O)C(O)C3O)cc(OC3OC(CO)C(O)C(O)C3O)c21. The molecule has 3 heterocycles. The number of rotatable bonds is 7. The molecule has 42 heavy (non-hydrogen) atoms. The molecule has 2 fully saturated rings. The van der Waals surface area contributed by atoms with Crippen molar-refractivity contribution in [2.75, 3.05) is 13.2 Å². The van der Waals surface area contributed by atoms with Gasteiger partial charge in [-0.3, -0.25) is 4.79 Å².